The monoisotopic (exact) mass is 283 g/mol. The number of aromatic amines is 1. The molecule has 3 rings (SSSR count). The molecule has 0 radical (unpaired) electrons. The second-order valence-corrected chi connectivity index (χ2v) is 4.83. The molecule has 0 aliphatic rings. The van der Waals surface area contributed by atoms with E-state index < -0.39 is 11.9 Å². The van der Waals surface area contributed by atoms with E-state index in [9.17, 15) is 9.90 Å². The van der Waals surface area contributed by atoms with Crippen LogP contribution in [0.2, 0.25) is 0 Å². The lowest BCUT2D eigenvalue weighted by Crippen LogP contribution is -2.07. The molecule has 1 aromatic heterocycles. The molecular formula is C15H13N3O3. The summed E-state index contributed by atoms with van der Waals surface area (Å²) in [6.45, 7) is 1.54. The smallest absolute Gasteiger partial charge is 0.310 e. The van der Waals surface area contributed by atoms with Gasteiger partial charge >= 0.3 is 5.97 Å². The average molecular weight is 283 g/mol. The molecule has 6 nitrogen and oxygen atoms in total. The molecule has 0 aliphatic carbocycles. The van der Waals surface area contributed by atoms with Gasteiger partial charge in [0.15, 0.2) is 0 Å². The summed E-state index contributed by atoms with van der Waals surface area (Å²) in [5, 5.41) is 30.0. The highest BCUT2D eigenvalue weighted by Gasteiger charge is 2.19. The summed E-state index contributed by atoms with van der Waals surface area (Å²) < 4.78 is 0. The fourth-order valence-corrected chi connectivity index (χ4v) is 2.28. The summed E-state index contributed by atoms with van der Waals surface area (Å²) in [5.41, 5.74) is 3.14. The number of aromatic nitrogens is 3. The predicted molar refractivity (Wildman–Crippen MR) is 77.0 cm³/mol. The highest BCUT2D eigenvalue weighted by molar-refractivity contribution is 5.84. The van der Waals surface area contributed by atoms with E-state index in [-0.39, 0.29) is 5.75 Å². The number of hydrogen-bond acceptors (Lipinski definition) is 4. The van der Waals surface area contributed by atoms with E-state index in [0.717, 1.165) is 11.1 Å². The van der Waals surface area contributed by atoms with Crippen molar-refractivity contribution in [1.82, 2.24) is 15.4 Å². The van der Waals surface area contributed by atoms with Crippen LogP contribution in [0.15, 0.2) is 36.4 Å². The Morgan fingerprint density at radius 2 is 1.95 bits per heavy atom. The van der Waals surface area contributed by atoms with Gasteiger partial charge in [0.2, 0.25) is 0 Å². The number of phenolic OH excluding ortho intramolecular Hbond substituents is 1. The number of carboxylic acids is 1. The molecular weight excluding hydrogens is 270 g/mol. The first kappa shape index (κ1) is 13.1. The van der Waals surface area contributed by atoms with Crippen LogP contribution >= 0.6 is 0 Å². The van der Waals surface area contributed by atoms with Crippen LogP contribution in [0.25, 0.3) is 22.2 Å². The Balaban J connectivity index is 2.13. The van der Waals surface area contributed by atoms with E-state index in [1.165, 1.54) is 0 Å². The van der Waals surface area contributed by atoms with Crippen LogP contribution < -0.4 is 0 Å². The van der Waals surface area contributed by atoms with Gasteiger partial charge in [0.25, 0.3) is 0 Å². The third-order valence-corrected chi connectivity index (χ3v) is 3.53. The zero-order valence-electron chi connectivity index (χ0n) is 11.2. The van der Waals surface area contributed by atoms with Crippen LogP contribution in [0.4, 0.5) is 0 Å². The number of nitrogens with one attached hydrogen (secondary N) is 1. The van der Waals surface area contributed by atoms with Crippen LogP contribution in [0, 0.1) is 0 Å². The molecule has 0 saturated carbocycles. The van der Waals surface area contributed by atoms with Crippen molar-refractivity contribution in [1.29, 1.82) is 0 Å². The Hall–Kier alpha value is -2.89. The largest absolute Gasteiger partial charge is 0.507 e. The van der Waals surface area contributed by atoms with Crippen molar-refractivity contribution in [2.24, 2.45) is 0 Å². The summed E-state index contributed by atoms with van der Waals surface area (Å²) in [6, 6.07) is 10.5. The summed E-state index contributed by atoms with van der Waals surface area (Å²) in [7, 11) is 0. The first-order valence-corrected chi connectivity index (χ1v) is 6.43. The van der Waals surface area contributed by atoms with Crippen molar-refractivity contribution in [3.8, 4) is 16.9 Å². The van der Waals surface area contributed by atoms with Crippen LogP contribution in [0.3, 0.4) is 0 Å². The zero-order chi connectivity index (χ0) is 15.0. The van der Waals surface area contributed by atoms with Gasteiger partial charge in [-0.2, -0.15) is 15.4 Å². The van der Waals surface area contributed by atoms with Crippen LogP contribution in [0.5, 0.6) is 5.75 Å². The van der Waals surface area contributed by atoms with E-state index in [1.54, 1.807) is 37.3 Å². The van der Waals surface area contributed by atoms with E-state index >= 15 is 0 Å². The number of hydrogen-bond donors (Lipinski definition) is 3. The number of fused-ring (bicyclic) bond motifs is 1. The molecule has 6 heteroatoms. The van der Waals surface area contributed by atoms with Gasteiger partial charge in [-0.05, 0) is 24.6 Å². The van der Waals surface area contributed by atoms with Gasteiger partial charge in [-0.25, -0.2) is 0 Å². The third kappa shape index (κ3) is 2.20. The van der Waals surface area contributed by atoms with E-state index in [2.05, 4.69) is 15.4 Å². The van der Waals surface area contributed by atoms with Crippen molar-refractivity contribution < 1.29 is 15.0 Å². The lowest BCUT2D eigenvalue weighted by atomic mass is 9.94. The minimum Gasteiger partial charge on any atom is -0.507 e. The number of aromatic hydroxyl groups is 1. The molecule has 1 unspecified atom stereocenters. The van der Waals surface area contributed by atoms with Crippen molar-refractivity contribution in [3.05, 3.63) is 42.0 Å². The van der Waals surface area contributed by atoms with E-state index in [0.29, 0.717) is 16.6 Å². The van der Waals surface area contributed by atoms with Gasteiger partial charge in [-0.1, -0.05) is 24.3 Å². The number of carboxylic acid groups (broad SMARTS) is 1. The topological polar surface area (TPSA) is 99.1 Å². The molecule has 2 aromatic carbocycles. The second kappa shape index (κ2) is 4.90. The van der Waals surface area contributed by atoms with Gasteiger partial charge in [0, 0.05) is 11.1 Å². The lowest BCUT2D eigenvalue weighted by Gasteiger charge is -2.12. The van der Waals surface area contributed by atoms with Crippen molar-refractivity contribution in [2.75, 3.05) is 0 Å². The number of nitrogens with zero attached hydrogens (tertiary/aromatic N) is 2. The number of phenols is 1. The minimum absolute atomic E-state index is 0.0183. The summed E-state index contributed by atoms with van der Waals surface area (Å²) in [5.74, 6) is -1.77. The third-order valence-electron chi connectivity index (χ3n) is 3.53. The standard InChI is InChI=1S/C15H13N3O3/c1-8(15(20)21)10-3-2-4-11(14(10)19)9-5-6-12-13(7-9)17-18-16-12/h2-8,19H,1H3,(H,20,21)(H,16,17,18). The molecule has 0 amide bonds. The number of carbonyl (C=O) groups is 1. The Morgan fingerprint density at radius 1 is 1.19 bits per heavy atom. The maximum atomic E-state index is 11.1. The Bertz CT molecular complexity index is 826. The zero-order valence-corrected chi connectivity index (χ0v) is 11.2. The van der Waals surface area contributed by atoms with Crippen molar-refractivity contribution in [2.45, 2.75) is 12.8 Å². The quantitative estimate of drug-likeness (QED) is 0.686. The molecule has 0 aliphatic heterocycles. The maximum Gasteiger partial charge on any atom is 0.310 e. The number of aliphatic carboxylic acids is 1. The fraction of sp³-hybridized carbons (Fsp3) is 0.133. The molecule has 0 bridgehead atoms. The molecule has 106 valence electrons. The molecule has 21 heavy (non-hydrogen) atoms. The van der Waals surface area contributed by atoms with Crippen LogP contribution in [0.1, 0.15) is 18.4 Å². The van der Waals surface area contributed by atoms with Crippen LogP contribution in [-0.4, -0.2) is 31.6 Å². The summed E-state index contributed by atoms with van der Waals surface area (Å²) >= 11 is 0. The summed E-state index contributed by atoms with van der Waals surface area (Å²) in [4.78, 5) is 11.1. The molecule has 1 atom stereocenters. The lowest BCUT2D eigenvalue weighted by molar-refractivity contribution is -0.138. The first-order chi connectivity index (χ1) is 10.1. The SMILES string of the molecule is CC(C(=O)O)c1cccc(-c2ccc3n[nH]nc3c2)c1O. The number of para-hydroxylation sites is 1. The van der Waals surface area contributed by atoms with Crippen LogP contribution in [-0.2, 0) is 4.79 Å². The number of H-pyrrole nitrogens is 1. The van der Waals surface area contributed by atoms with E-state index in [4.69, 9.17) is 5.11 Å². The summed E-state index contributed by atoms with van der Waals surface area (Å²) in [6.07, 6.45) is 0. The molecule has 1 heterocycles. The predicted octanol–water partition coefficient (Wildman–Crippen LogP) is 2.52. The van der Waals surface area contributed by atoms with Gasteiger partial charge in [0.05, 0.1) is 5.92 Å². The normalized spacial score (nSPS) is 12.4. The molecule has 0 saturated heterocycles. The van der Waals surface area contributed by atoms with Gasteiger partial charge in [-0.3, -0.25) is 4.79 Å². The fourth-order valence-electron chi connectivity index (χ4n) is 2.28. The maximum absolute atomic E-state index is 11.1. The first-order valence-electron chi connectivity index (χ1n) is 6.43. The number of benzene rings is 2. The highest BCUT2D eigenvalue weighted by atomic mass is 16.4. The number of rotatable bonds is 3. The molecule has 0 spiro atoms. The minimum atomic E-state index is -0.977. The van der Waals surface area contributed by atoms with E-state index in [1.807, 2.05) is 6.07 Å². The molecule has 0 fully saturated rings. The van der Waals surface area contributed by atoms with Crippen molar-refractivity contribution >= 4 is 17.0 Å². The Labute approximate surface area is 120 Å². The van der Waals surface area contributed by atoms with Gasteiger partial charge in [-0.15, -0.1) is 0 Å². The van der Waals surface area contributed by atoms with Crippen molar-refractivity contribution in [3.63, 3.8) is 0 Å². The highest BCUT2D eigenvalue weighted by Crippen LogP contribution is 2.36. The molecule has 3 N–H and O–H groups in total. The van der Waals surface area contributed by atoms with Gasteiger partial charge in [0.1, 0.15) is 16.8 Å². The Kier molecular flexibility index (Phi) is 3.06. The average Bonchev–Trinajstić information content (AvgIpc) is 2.94. The Morgan fingerprint density at radius 3 is 2.71 bits per heavy atom. The second-order valence-electron chi connectivity index (χ2n) is 4.83. The molecule has 3 aromatic rings. The van der Waals surface area contributed by atoms with Gasteiger partial charge < -0.3 is 10.2 Å².